The minimum atomic E-state index is -1.91. The molecule has 0 bridgehead atoms. The Morgan fingerprint density at radius 3 is 2.60 bits per heavy atom. The molecule has 1 saturated carbocycles. The molecule has 30 heavy (non-hydrogen) atoms. The highest BCUT2D eigenvalue weighted by atomic mass is 32.2. The molecule has 7 atom stereocenters. The molecule has 3 fully saturated rings. The highest BCUT2D eigenvalue weighted by Crippen LogP contribution is 2.59. The Hall–Kier alpha value is -1.25. The molecule has 7 heteroatoms. The molecule has 4 rings (SSSR count). The lowest BCUT2D eigenvalue weighted by molar-refractivity contribution is -0.105. The number of hydrogen-bond acceptors (Lipinski definition) is 6. The van der Waals surface area contributed by atoms with Gasteiger partial charge in [0.2, 0.25) is 0 Å². The van der Waals surface area contributed by atoms with Gasteiger partial charge in [-0.3, -0.25) is 4.18 Å². The Morgan fingerprint density at radius 1 is 1.30 bits per heavy atom. The van der Waals surface area contributed by atoms with Gasteiger partial charge in [0, 0.05) is 7.11 Å². The zero-order valence-electron chi connectivity index (χ0n) is 18.4. The predicted octanol–water partition coefficient (Wildman–Crippen LogP) is 4.05. The molecule has 1 aromatic rings. The van der Waals surface area contributed by atoms with Gasteiger partial charge >= 0.3 is 11.4 Å². The lowest BCUT2D eigenvalue weighted by Crippen LogP contribution is -2.55. The van der Waals surface area contributed by atoms with Crippen LogP contribution in [0.5, 0.6) is 5.75 Å². The molecule has 2 saturated heterocycles. The van der Waals surface area contributed by atoms with Gasteiger partial charge in [0.25, 0.3) is 0 Å². The molecular formula is C23H32O6S. The summed E-state index contributed by atoms with van der Waals surface area (Å²) in [6.07, 6.45) is 4.10. The molecule has 1 spiro atoms. The fourth-order valence-corrected chi connectivity index (χ4v) is 5.56. The van der Waals surface area contributed by atoms with Gasteiger partial charge in [-0.05, 0) is 59.1 Å². The van der Waals surface area contributed by atoms with Crippen LogP contribution >= 0.6 is 0 Å². The summed E-state index contributed by atoms with van der Waals surface area (Å²) < 4.78 is 41.9. The maximum Gasteiger partial charge on any atom is 0.360 e. The smallest absolute Gasteiger partial charge is 0.360 e. The van der Waals surface area contributed by atoms with Crippen LogP contribution in [0.1, 0.15) is 45.6 Å². The first-order valence-electron chi connectivity index (χ1n) is 10.6. The van der Waals surface area contributed by atoms with Crippen molar-refractivity contribution in [2.75, 3.05) is 13.7 Å². The monoisotopic (exact) mass is 436 g/mol. The van der Waals surface area contributed by atoms with Crippen molar-refractivity contribution < 1.29 is 26.8 Å². The molecule has 0 aromatic heterocycles. The number of ether oxygens (including phenoxy) is 3. The Balaban J connectivity index is 1.45. The van der Waals surface area contributed by atoms with Crippen molar-refractivity contribution in [2.45, 2.75) is 76.5 Å². The van der Waals surface area contributed by atoms with Crippen molar-refractivity contribution in [2.24, 2.45) is 5.92 Å². The summed E-state index contributed by atoms with van der Waals surface area (Å²) in [6, 6.07) is 7.39. The van der Waals surface area contributed by atoms with Crippen LogP contribution in [0.4, 0.5) is 0 Å². The average Bonchev–Trinajstić information content (AvgIpc) is 3.61. The van der Waals surface area contributed by atoms with E-state index in [1.165, 1.54) is 5.57 Å². The molecule has 6 nitrogen and oxygen atoms in total. The highest BCUT2D eigenvalue weighted by Gasteiger charge is 2.72. The molecule has 3 aliphatic rings. The van der Waals surface area contributed by atoms with E-state index in [0.717, 1.165) is 18.4 Å². The minimum absolute atomic E-state index is 0.0145. The maximum absolute atomic E-state index is 12.6. The SMILES string of the molecule is COC1C(OS(=O)Oc2ccc(C)cc2)CCC2(CO2)C1C1(C)OC1CC=C(C)C. The lowest BCUT2D eigenvalue weighted by atomic mass is 9.68. The summed E-state index contributed by atoms with van der Waals surface area (Å²) in [6.45, 7) is 9.03. The third-order valence-corrected chi connectivity index (χ3v) is 7.36. The zero-order valence-corrected chi connectivity index (χ0v) is 19.2. The normalized spacial score (nSPS) is 38.2. The summed E-state index contributed by atoms with van der Waals surface area (Å²) in [5.74, 6) is 0.530. The summed E-state index contributed by atoms with van der Waals surface area (Å²) in [5.41, 5.74) is 1.82. The van der Waals surface area contributed by atoms with E-state index in [-0.39, 0.29) is 35.4 Å². The molecule has 1 aliphatic carbocycles. The molecule has 2 aliphatic heterocycles. The van der Waals surface area contributed by atoms with Crippen LogP contribution in [0.3, 0.4) is 0 Å². The second-order valence-corrected chi connectivity index (χ2v) is 9.88. The van der Waals surface area contributed by atoms with Crippen molar-refractivity contribution in [3.8, 4) is 5.75 Å². The number of benzene rings is 1. The van der Waals surface area contributed by atoms with E-state index in [1.54, 1.807) is 19.2 Å². The summed E-state index contributed by atoms with van der Waals surface area (Å²) in [7, 11) is 1.68. The van der Waals surface area contributed by atoms with Crippen LogP contribution < -0.4 is 4.18 Å². The van der Waals surface area contributed by atoms with Crippen LogP contribution in [0.2, 0.25) is 0 Å². The molecule has 7 unspecified atom stereocenters. The maximum atomic E-state index is 12.6. The fraction of sp³-hybridized carbons (Fsp3) is 0.652. The molecule has 0 amide bonds. The zero-order chi connectivity index (χ0) is 21.5. The van der Waals surface area contributed by atoms with E-state index in [0.29, 0.717) is 18.8 Å². The molecule has 0 N–H and O–H groups in total. The number of methoxy groups -OCH3 is 1. The summed E-state index contributed by atoms with van der Waals surface area (Å²) >= 11 is -1.91. The van der Waals surface area contributed by atoms with Gasteiger partial charge < -0.3 is 18.4 Å². The van der Waals surface area contributed by atoms with Gasteiger partial charge in [-0.25, -0.2) is 0 Å². The number of allylic oxidation sites excluding steroid dienone is 1. The topological polar surface area (TPSA) is 69.8 Å². The molecule has 0 radical (unpaired) electrons. The quantitative estimate of drug-likeness (QED) is 0.452. The van der Waals surface area contributed by atoms with Gasteiger partial charge in [0.15, 0.2) is 0 Å². The van der Waals surface area contributed by atoms with Crippen molar-refractivity contribution in [3.63, 3.8) is 0 Å². The highest BCUT2D eigenvalue weighted by molar-refractivity contribution is 7.75. The fourth-order valence-electron chi connectivity index (χ4n) is 4.84. The number of aryl methyl sites for hydroxylation is 1. The van der Waals surface area contributed by atoms with Crippen LogP contribution in [0.15, 0.2) is 35.9 Å². The first-order chi connectivity index (χ1) is 14.3. The van der Waals surface area contributed by atoms with Crippen LogP contribution in [0, 0.1) is 12.8 Å². The number of rotatable bonds is 8. The molecule has 1 aromatic carbocycles. The van der Waals surface area contributed by atoms with Crippen molar-refractivity contribution >= 4 is 11.4 Å². The van der Waals surface area contributed by atoms with E-state index in [4.69, 9.17) is 22.6 Å². The van der Waals surface area contributed by atoms with Gasteiger partial charge in [-0.1, -0.05) is 29.3 Å². The van der Waals surface area contributed by atoms with E-state index in [2.05, 4.69) is 26.8 Å². The van der Waals surface area contributed by atoms with Gasteiger partial charge in [0.1, 0.15) is 17.5 Å². The van der Waals surface area contributed by atoms with Crippen molar-refractivity contribution in [1.29, 1.82) is 0 Å². The van der Waals surface area contributed by atoms with Gasteiger partial charge in [-0.2, -0.15) is 4.21 Å². The van der Waals surface area contributed by atoms with Crippen LogP contribution in [-0.4, -0.2) is 47.4 Å². The molecule has 166 valence electrons. The second-order valence-electron chi connectivity index (χ2n) is 9.11. The largest absolute Gasteiger partial charge is 0.380 e. The molecular weight excluding hydrogens is 404 g/mol. The van der Waals surface area contributed by atoms with E-state index in [9.17, 15) is 4.21 Å². The first-order valence-corrected chi connectivity index (χ1v) is 11.6. The van der Waals surface area contributed by atoms with E-state index < -0.39 is 11.4 Å². The number of epoxide rings is 2. The lowest BCUT2D eigenvalue weighted by Gasteiger charge is -2.42. The third kappa shape index (κ3) is 4.36. The number of hydrogen-bond donors (Lipinski definition) is 0. The second kappa shape index (κ2) is 8.36. The average molecular weight is 437 g/mol. The van der Waals surface area contributed by atoms with E-state index >= 15 is 0 Å². The minimum Gasteiger partial charge on any atom is -0.380 e. The van der Waals surface area contributed by atoms with E-state index in [1.807, 2.05) is 19.1 Å². The van der Waals surface area contributed by atoms with Crippen LogP contribution in [0.25, 0.3) is 0 Å². The third-order valence-electron chi connectivity index (χ3n) is 6.62. The Labute approximate surface area is 181 Å². The predicted molar refractivity (Wildman–Crippen MR) is 114 cm³/mol. The standard InChI is InChI=1S/C23H32O6S/c1-15(2)6-11-19-22(4,27-19)21-20(25-5)18(12-13-23(21)14-26-23)29-30(24)28-17-9-7-16(3)8-10-17/h6-10,18-21H,11-14H2,1-5H3. The Kier molecular flexibility index (Phi) is 6.12. The van der Waals surface area contributed by atoms with Crippen molar-refractivity contribution in [3.05, 3.63) is 41.5 Å². The Morgan fingerprint density at radius 2 is 2.00 bits per heavy atom. The summed E-state index contributed by atoms with van der Waals surface area (Å²) in [4.78, 5) is 0. The van der Waals surface area contributed by atoms with Gasteiger partial charge in [-0.15, -0.1) is 0 Å². The van der Waals surface area contributed by atoms with Crippen LogP contribution in [-0.2, 0) is 29.8 Å². The summed E-state index contributed by atoms with van der Waals surface area (Å²) in [5, 5.41) is 0. The van der Waals surface area contributed by atoms with Gasteiger partial charge in [0.05, 0.1) is 30.3 Å². The first kappa shape index (κ1) is 22.0. The molecule has 2 heterocycles. The Bertz CT molecular complexity index is 813. The van der Waals surface area contributed by atoms with Crippen molar-refractivity contribution in [1.82, 2.24) is 0 Å².